The molecule has 0 aromatic carbocycles. The van der Waals surface area contributed by atoms with Crippen molar-refractivity contribution in [3.63, 3.8) is 0 Å². The van der Waals surface area contributed by atoms with E-state index >= 15 is 0 Å². The van der Waals surface area contributed by atoms with Gasteiger partial charge in [0.05, 0.1) is 0 Å². The predicted molar refractivity (Wildman–Crippen MR) is 101 cm³/mol. The molecule has 0 saturated carbocycles. The Kier molecular flexibility index (Phi) is 14.4. The molecule has 3 heteroatoms. The normalized spacial score (nSPS) is 21.5. The molecule has 2 heterocycles. The number of rotatable bonds is 5. The van der Waals surface area contributed by atoms with Crippen LogP contribution in [0.2, 0.25) is 0 Å². The van der Waals surface area contributed by atoms with E-state index in [0.717, 1.165) is 5.92 Å². The quantitative estimate of drug-likeness (QED) is 0.764. The molecule has 0 radical (unpaired) electrons. The number of hydrogen-bond donors (Lipinski definition) is 0. The van der Waals surface area contributed by atoms with Crippen LogP contribution in [0.5, 0.6) is 0 Å². The molecular weight excluding hydrogens is 270 g/mol. The summed E-state index contributed by atoms with van der Waals surface area (Å²) in [6.45, 7) is 20.7. The average Bonchev–Trinajstić information content (AvgIpc) is 2.60. The van der Waals surface area contributed by atoms with Gasteiger partial charge in [-0.3, -0.25) is 0 Å². The van der Waals surface area contributed by atoms with Crippen molar-refractivity contribution in [2.75, 3.05) is 59.4 Å². The van der Waals surface area contributed by atoms with Gasteiger partial charge < -0.3 is 14.7 Å². The van der Waals surface area contributed by atoms with Crippen molar-refractivity contribution in [1.82, 2.24) is 14.7 Å². The van der Waals surface area contributed by atoms with Crippen LogP contribution in [0.25, 0.3) is 0 Å². The summed E-state index contributed by atoms with van der Waals surface area (Å²) >= 11 is 0. The van der Waals surface area contributed by atoms with Gasteiger partial charge in [0, 0.05) is 26.2 Å². The van der Waals surface area contributed by atoms with Gasteiger partial charge in [0.2, 0.25) is 0 Å². The first-order valence-electron chi connectivity index (χ1n) is 9.91. The van der Waals surface area contributed by atoms with E-state index in [-0.39, 0.29) is 0 Å². The molecule has 0 spiro atoms. The minimum atomic E-state index is 0.995. The standard InChI is InChI=1S/C15H31N3.2C2H6/c1-3-7-17-11-13-18(14-12-17)10-6-15-4-8-16(2)9-5-15;2*1-2/h15H,3-14H2,1-2H3;2*1-2H3. The van der Waals surface area contributed by atoms with Gasteiger partial charge in [-0.2, -0.15) is 0 Å². The summed E-state index contributed by atoms with van der Waals surface area (Å²) < 4.78 is 0. The fraction of sp³-hybridized carbons (Fsp3) is 1.00. The van der Waals surface area contributed by atoms with Crippen LogP contribution in [0.1, 0.15) is 60.3 Å². The molecule has 2 fully saturated rings. The Morgan fingerprint density at radius 3 is 1.64 bits per heavy atom. The third-order valence-electron chi connectivity index (χ3n) is 4.70. The van der Waals surface area contributed by atoms with Gasteiger partial charge in [0.15, 0.2) is 0 Å². The Morgan fingerprint density at radius 1 is 0.727 bits per heavy atom. The van der Waals surface area contributed by atoms with Crippen LogP contribution in [0.3, 0.4) is 0 Å². The lowest BCUT2D eigenvalue weighted by Gasteiger charge is -2.36. The highest BCUT2D eigenvalue weighted by molar-refractivity contribution is 4.75. The van der Waals surface area contributed by atoms with Crippen LogP contribution in [-0.2, 0) is 0 Å². The number of hydrogen-bond acceptors (Lipinski definition) is 3. The molecule has 3 nitrogen and oxygen atoms in total. The van der Waals surface area contributed by atoms with Gasteiger partial charge in [-0.15, -0.1) is 0 Å². The zero-order chi connectivity index (χ0) is 16.8. The SMILES string of the molecule is CC.CC.CCCN1CCN(CCC2CCN(C)CC2)CC1. The minimum Gasteiger partial charge on any atom is -0.306 e. The van der Waals surface area contributed by atoms with E-state index in [4.69, 9.17) is 0 Å². The van der Waals surface area contributed by atoms with E-state index in [1.54, 1.807) is 0 Å². The molecule has 2 rings (SSSR count). The van der Waals surface area contributed by atoms with Crippen molar-refractivity contribution in [3.05, 3.63) is 0 Å². The lowest BCUT2D eigenvalue weighted by molar-refractivity contribution is 0.119. The molecule has 0 atom stereocenters. The molecule has 0 bridgehead atoms. The van der Waals surface area contributed by atoms with Crippen LogP contribution in [0.15, 0.2) is 0 Å². The second kappa shape index (κ2) is 14.5. The topological polar surface area (TPSA) is 9.72 Å². The molecule has 0 aromatic rings. The zero-order valence-corrected chi connectivity index (χ0v) is 16.4. The van der Waals surface area contributed by atoms with Gasteiger partial charge >= 0.3 is 0 Å². The Labute approximate surface area is 141 Å². The summed E-state index contributed by atoms with van der Waals surface area (Å²) in [5.41, 5.74) is 0. The summed E-state index contributed by atoms with van der Waals surface area (Å²) in [5.74, 6) is 0.995. The van der Waals surface area contributed by atoms with E-state index < -0.39 is 0 Å². The molecule has 0 N–H and O–H groups in total. The third-order valence-corrected chi connectivity index (χ3v) is 4.70. The molecule has 0 unspecified atom stereocenters. The first-order valence-corrected chi connectivity index (χ1v) is 9.91. The number of nitrogens with zero attached hydrogens (tertiary/aromatic N) is 3. The highest BCUT2D eigenvalue weighted by Crippen LogP contribution is 2.20. The number of piperazine rings is 1. The second-order valence-corrected chi connectivity index (χ2v) is 6.22. The van der Waals surface area contributed by atoms with E-state index in [1.165, 1.54) is 78.0 Å². The van der Waals surface area contributed by atoms with Gasteiger partial charge in [0.25, 0.3) is 0 Å². The third kappa shape index (κ3) is 9.12. The molecule has 2 aliphatic rings. The van der Waals surface area contributed by atoms with Crippen LogP contribution < -0.4 is 0 Å². The maximum absolute atomic E-state index is 2.68. The van der Waals surface area contributed by atoms with Crippen molar-refractivity contribution in [3.8, 4) is 0 Å². The van der Waals surface area contributed by atoms with Crippen molar-refractivity contribution < 1.29 is 0 Å². The maximum Gasteiger partial charge on any atom is 0.0110 e. The Balaban J connectivity index is 0.00000102. The second-order valence-electron chi connectivity index (χ2n) is 6.22. The Hall–Kier alpha value is -0.120. The summed E-state index contributed by atoms with van der Waals surface area (Å²) in [6, 6.07) is 0. The molecule has 0 aromatic heterocycles. The van der Waals surface area contributed by atoms with E-state index in [2.05, 4.69) is 28.7 Å². The maximum atomic E-state index is 2.68. The fourth-order valence-corrected chi connectivity index (χ4v) is 3.27. The first kappa shape index (κ1) is 21.9. The van der Waals surface area contributed by atoms with Gasteiger partial charge in [-0.25, -0.2) is 0 Å². The summed E-state index contributed by atoms with van der Waals surface area (Å²) in [6.07, 6.45) is 5.58. The Morgan fingerprint density at radius 2 is 1.18 bits per heavy atom. The first-order chi connectivity index (χ1) is 10.8. The monoisotopic (exact) mass is 313 g/mol. The lowest BCUT2D eigenvalue weighted by Crippen LogP contribution is -2.47. The average molecular weight is 314 g/mol. The highest BCUT2D eigenvalue weighted by atomic mass is 15.3. The van der Waals surface area contributed by atoms with Crippen LogP contribution in [0.4, 0.5) is 0 Å². The molecule has 0 aliphatic carbocycles. The fourth-order valence-electron chi connectivity index (χ4n) is 3.27. The van der Waals surface area contributed by atoms with Crippen LogP contribution in [-0.4, -0.2) is 74.1 Å². The van der Waals surface area contributed by atoms with E-state index in [1.807, 2.05) is 27.7 Å². The summed E-state index contributed by atoms with van der Waals surface area (Å²) in [4.78, 5) is 7.77. The van der Waals surface area contributed by atoms with E-state index in [9.17, 15) is 0 Å². The van der Waals surface area contributed by atoms with Crippen molar-refractivity contribution in [1.29, 1.82) is 0 Å². The van der Waals surface area contributed by atoms with Crippen molar-refractivity contribution in [2.24, 2.45) is 5.92 Å². The van der Waals surface area contributed by atoms with Crippen molar-refractivity contribution in [2.45, 2.75) is 60.3 Å². The number of piperidine rings is 1. The highest BCUT2D eigenvalue weighted by Gasteiger charge is 2.19. The summed E-state index contributed by atoms with van der Waals surface area (Å²) in [7, 11) is 2.25. The molecule has 0 amide bonds. The number of likely N-dealkylation sites (tertiary alicyclic amines) is 1. The largest absolute Gasteiger partial charge is 0.306 e. The molecular formula is C19H43N3. The summed E-state index contributed by atoms with van der Waals surface area (Å²) in [5, 5.41) is 0. The molecule has 2 aliphatic heterocycles. The van der Waals surface area contributed by atoms with Gasteiger partial charge in [-0.1, -0.05) is 34.6 Å². The molecule has 22 heavy (non-hydrogen) atoms. The van der Waals surface area contributed by atoms with Crippen LogP contribution >= 0.6 is 0 Å². The zero-order valence-electron chi connectivity index (χ0n) is 16.4. The van der Waals surface area contributed by atoms with Crippen LogP contribution in [0, 0.1) is 5.92 Å². The van der Waals surface area contributed by atoms with E-state index in [0.29, 0.717) is 0 Å². The van der Waals surface area contributed by atoms with Gasteiger partial charge in [-0.05, 0) is 64.8 Å². The van der Waals surface area contributed by atoms with Crippen molar-refractivity contribution >= 4 is 0 Å². The minimum absolute atomic E-state index is 0.995. The molecule has 2 saturated heterocycles. The lowest BCUT2D eigenvalue weighted by atomic mass is 9.93. The smallest absolute Gasteiger partial charge is 0.0110 e. The Bertz CT molecular complexity index is 217. The van der Waals surface area contributed by atoms with Gasteiger partial charge in [0.1, 0.15) is 0 Å². The molecule has 134 valence electrons. The predicted octanol–water partition coefficient (Wildman–Crippen LogP) is 3.80.